The third kappa shape index (κ3) is 3.20. The van der Waals surface area contributed by atoms with Gasteiger partial charge in [0.25, 0.3) is 0 Å². The number of nitrogens with one attached hydrogen (secondary N) is 2. The second-order valence-corrected chi connectivity index (χ2v) is 9.50. The van der Waals surface area contributed by atoms with Gasteiger partial charge in [-0.05, 0) is 68.4 Å². The van der Waals surface area contributed by atoms with Crippen LogP contribution in [0.5, 0.6) is 0 Å². The molecule has 0 spiro atoms. The summed E-state index contributed by atoms with van der Waals surface area (Å²) >= 11 is 0. The molecule has 4 aliphatic carbocycles. The van der Waals surface area contributed by atoms with Crippen LogP contribution in [0.15, 0.2) is 24.3 Å². The molecule has 1 saturated heterocycles. The lowest BCUT2D eigenvalue weighted by atomic mass is 9.49. The number of carbonyl (C=O) groups is 3. The normalized spacial score (nSPS) is 35.1. The van der Waals surface area contributed by atoms with Crippen molar-refractivity contribution in [1.29, 1.82) is 0 Å². The first-order valence-electron chi connectivity index (χ1n) is 10.6. The number of carbonyl (C=O) groups excluding carboxylic acids is 3. The minimum Gasteiger partial charge on any atom is -0.309 e. The van der Waals surface area contributed by atoms with Crippen LogP contribution in [0.25, 0.3) is 0 Å². The molecule has 2 N–H and O–H groups in total. The van der Waals surface area contributed by atoms with Gasteiger partial charge in [-0.1, -0.05) is 12.1 Å². The third-order valence-corrected chi connectivity index (χ3v) is 7.46. The van der Waals surface area contributed by atoms with Crippen molar-refractivity contribution < 1.29 is 18.8 Å². The number of rotatable bonds is 3. The SMILES string of the molecule is O=C(NNC(=O)C12CC3CC(CC(C3)C1)C2)[C@H]1CC(=O)N(c2ccccc2F)C1. The molecule has 1 aliphatic heterocycles. The van der Waals surface area contributed by atoms with Gasteiger partial charge in [-0.3, -0.25) is 25.2 Å². The first-order valence-corrected chi connectivity index (χ1v) is 10.6. The Labute approximate surface area is 169 Å². The van der Waals surface area contributed by atoms with Crippen LogP contribution in [0.1, 0.15) is 44.9 Å². The van der Waals surface area contributed by atoms with Gasteiger partial charge in [-0.15, -0.1) is 0 Å². The molecule has 0 radical (unpaired) electrons. The minimum absolute atomic E-state index is 0.00734. The summed E-state index contributed by atoms with van der Waals surface area (Å²) in [6.45, 7) is 0.110. The lowest BCUT2D eigenvalue weighted by Crippen LogP contribution is -2.57. The summed E-state index contributed by atoms with van der Waals surface area (Å²) in [6, 6.07) is 6.04. The average molecular weight is 399 g/mol. The summed E-state index contributed by atoms with van der Waals surface area (Å²) in [5.74, 6) is 0.0624. The highest BCUT2D eigenvalue weighted by atomic mass is 19.1. The Hall–Kier alpha value is -2.44. The van der Waals surface area contributed by atoms with E-state index < -0.39 is 17.6 Å². The van der Waals surface area contributed by atoms with E-state index in [0.29, 0.717) is 17.8 Å². The summed E-state index contributed by atoms with van der Waals surface area (Å²) in [5.41, 5.74) is 5.05. The number of anilines is 1. The molecule has 3 amide bonds. The van der Waals surface area contributed by atoms with Crippen LogP contribution < -0.4 is 15.8 Å². The lowest BCUT2D eigenvalue weighted by molar-refractivity contribution is -0.149. The van der Waals surface area contributed by atoms with Crippen molar-refractivity contribution in [2.45, 2.75) is 44.9 Å². The summed E-state index contributed by atoms with van der Waals surface area (Å²) in [4.78, 5) is 39.2. The summed E-state index contributed by atoms with van der Waals surface area (Å²) in [5, 5.41) is 0. The Balaban J connectivity index is 1.20. The fraction of sp³-hybridized carbons (Fsp3) is 0.591. The summed E-state index contributed by atoms with van der Waals surface area (Å²) < 4.78 is 14.0. The highest BCUT2D eigenvalue weighted by Crippen LogP contribution is 2.60. The van der Waals surface area contributed by atoms with Crippen LogP contribution in [0.4, 0.5) is 10.1 Å². The van der Waals surface area contributed by atoms with E-state index in [2.05, 4.69) is 10.9 Å². The zero-order chi connectivity index (χ0) is 20.2. The van der Waals surface area contributed by atoms with Crippen molar-refractivity contribution in [3.8, 4) is 0 Å². The molecule has 5 aliphatic rings. The van der Waals surface area contributed by atoms with E-state index in [1.54, 1.807) is 12.1 Å². The number of para-hydroxylation sites is 1. The van der Waals surface area contributed by atoms with Gasteiger partial charge in [-0.25, -0.2) is 4.39 Å². The molecule has 29 heavy (non-hydrogen) atoms. The van der Waals surface area contributed by atoms with E-state index in [-0.39, 0.29) is 35.9 Å². The predicted molar refractivity (Wildman–Crippen MR) is 104 cm³/mol. The van der Waals surface area contributed by atoms with Gasteiger partial charge in [0.05, 0.1) is 17.0 Å². The van der Waals surface area contributed by atoms with E-state index in [4.69, 9.17) is 0 Å². The molecule has 154 valence electrons. The average Bonchev–Trinajstić information content (AvgIpc) is 3.06. The fourth-order valence-electron chi connectivity index (χ4n) is 6.53. The molecule has 7 heteroatoms. The van der Waals surface area contributed by atoms with Gasteiger partial charge < -0.3 is 4.90 Å². The van der Waals surface area contributed by atoms with E-state index in [1.165, 1.54) is 36.3 Å². The molecule has 0 aromatic heterocycles. The van der Waals surface area contributed by atoms with E-state index in [0.717, 1.165) is 19.3 Å². The molecule has 1 atom stereocenters. The maximum absolute atomic E-state index is 14.0. The van der Waals surface area contributed by atoms with Gasteiger partial charge in [0.1, 0.15) is 5.82 Å². The molecule has 1 aromatic rings. The Morgan fingerprint density at radius 1 is 1.00 bits per heavy atom. The van der Waals surface area contributed by atoms with Gasteiger partial charge in [-0.2, -0.15) is 0 Å². The van der Waals surface area contributed by atoms with Gasteiger partial charge in [0.15, 0.2) is 0 Å². The highest BCUT2D eigenvalue weighted by molar-refractivity contribution is 6.00. The lowest BCUT2D eigenvalue weighted by Gasteiger charge is -2.55. The smallest absolute Gasteiger partial charge is 0.244 e. The zero-order valence-corrected chi connectivity index (χ0v) is 16.3. The molecular formula is C22H26FN3O3. The number of hydrogen-bond acceptors (Lipinski definition) is 3. The van der Waals surface area contributed by atoms with Crippen LogP contribution in [0.2, 0.25) is 0 Å². The molecule has 4 bridgehead atoms. The summed E-state index contributed by atoms with van der Waals surface area (Å²) in [6.07, 6.45) is 6.50. The van der Waals surface area contributed by atoms with Crippen LogP contribution in [-0.2, 0) is 14.4 Å². The molecule has 4 saturated carbocycles. The quantitative estimate of drug-likeness (QED) is 0.767. The van der Waals surface area contributed by atoms with Crippen molar-refractivity contribution in [2.24, 2.45) is 29.1 Å². The zero-order valence-electron chi connectivity index (χ0n) is 16.3. The predicted octanol–water partition coefficient (Wildman–Crippen LogP) is 2.54. The second-order valence-electron chi connectivity index (χ2n) is 9.50. The van der Waals surface area contributed by atoms with Crippen LogP contribution >= 0.6 is 0 Å². The summed E-state index contributed by atoms with van der Waals surface area (Å²) in [7, 11) is 0. The van der Waals surface area contributed by atoms with E-state index >= 15 is 0 Å². The highest BCUT2D eigenvalue weighted by Gasteiger charge is 2.54. The molecule has 1 aromatic carbocycles. The Morgan fingerprint density at radius 3 is 2.24 bits per heavy atom. The Bertz CT molecular complexity index is 835. The van der Waals surface area contributed by atoms with Crippen LogP contribution in [0.3, 0.4) is 0 Å². The molecule has 6 nitrogen and oxygen atoms in total. The van der Waals surface area contributed by atoms with Crippen LogP contribution in [0, 0.1) is 34.9 Å². The number of hydrazine groups is 1. The Morgan fingerprint density at radius 2 is 1.62 bits per heavy atom. The fourth-order valence-corrected chi connectivity index (χ4v) is 6.53. The molecular weight excluding hydrogens is 373 g/mol. The van der Waals surface area contributed by atoms with E-state index in [1.807, 2.05) is 0 Å². The van der Waals surface area contributed by atoms with Crippen molar-refractivity contribution >= 4 is 23.4 Å². The first kappa shape index (κ1) is 18.6. The van der Waals surface area contributed by atoms with Crippen molar-refractivity contribution in [2.75, 3.05) is 11.4 Å². The van der Waals surface area contributed by atoms with Gasteiger partial charge in [0.2, 0.25) is 17.7 Å². The maximum atomic E-state index is 14.0. The van der Waals surface area contributed by atoms with Gasteiger partial charge >= 0.3 is 0 Å². The number of hydrogen-bond donors (Lipinski definition) is 2. The molecule has 0 unspecified atom stereocenters. The number of amides is 3. The molecule has 5 fully saturated rings. The standard InChI is InChI=1S/C22H26FN3O3/c23-17-3-1-2-4-18(17)26-12-16(8-19(26)27)20(28)24-25-21(29)22-9-13-5-14(10-22)7-15(6-13)11-22/h1-4,13-16H,5-12H2,(H,24,28)(H,25,29)/t13?,14?,15?,16-,22?/m0/s1. The van der Waals surface area contributed by atoms with Crippen molar-refractivity contribution in [3.05, 3.63) is 30.1 Å². The Kier molecular flexibility index (Phi) is 4.37. The number of nitrogens with zero attached hydrogens (tertiary/aromatic N) is 1. The minimum atomic E-state index is -0.612. The molecule has 6 rings (SSSR count). The molecule has 1 heterocycles. The third-order valence-electron chi connectivity index (χ3n) is 7.46. The topological polar surface area (TPSA) is 78.5 Å². The van der Waals surface area contributed by atoms with Crippen molar-refractivity contribution in [1.82, 2.24) is 10.9 Å². The maximum Gasteiger partial charge on any atom is 0.244 e. The second kappa shape index (κ2) is 6.82. The monoisotopic (exact) mass is 399 g/mol. The van der Waals surface area contributed by atoms with Gasteiger partial charge in [0, 0.05) is 13.0 Å². The number of benzene rings is 1. The first-order chi connectivity index (χ1) is 13.9. The van der Waals surface area contributed by atoms with Crippen LogP contribution in [-0.4, -0.2) is 24.3 Å². The van der Waals surface area contributed by atoms with Crippen molar-refractivity contribution in [3.63, 3.8) is 0 Å². The largest absolute Gasteiger partial charge is 0.309 e. The van der Waals surface area contributed by atoms with E-state index in [9.17, 15) is 18.8 Å². The number of halogens is 1.